The van der Waals surface area contributed by atoms with Crippen molar-refractivity contribution in [1.29, 1.82) is 0 Å². The first-order valence-electron chi connectivity index (χ1n) is 8.94. The molecular formula is C22H22N4O2. The fourth-order valence-corrected chi connectivity index (χ4v) is 2.78. The quantitative estimate of drug-likeness (QED) is 0.602. The van der Waals surface area contributed by atoms with E-state index in [9.17, 15) is 9.59 Å². The van der Waals surface area contributed by atoms with Gasteiger partial charge < -0.3 is 16.0 Å². The standard InChI is InChI=1S/C22H22N4O2/c1-15-5-3-6-17(11-15)12-22(28)26-21-10-9-20(14-23-21)25-19-8-4-7-18(13-19)24-16(2)27/h3-11,13-14,25H,12H2,1-2H3,(H,24,27)(H,23,26,28). The number of nitrogens with one attached hydrogen (secondary N) is 3. The van der Waals surface area contributed by atoms with Crippen LogP contribution in [-0.4, -0.2) is 16.8 Å². The Labute approximate surface area is 164 Å². The van der Waals surface area contributed by atoms with Crippen LogP contribution in [0.4, 0.5) is 22.9 Å². The maximum atomic E-state index is 12.2. The summed E-state index contributed by atoms with van der Waals surface area (Å²) in [5.41, 5.74) is 4.41. The zero-order chi connectivity index (χ0) is 19.9. The second-order valence-corrected chi connectivity index (χ2v) is 6.53. The molecule has 2 aromatic carbocycles. The van der Waals surface area contributed by atoms with E-state index in [1.807, 2.05) is 61.5 Å². The number of benzene rings is 2. The number of carbonyl (C=O) groups excluding carboxylic acids is 2. The van der Waals surface area contributed by atoms with Crippen molar-refractivity contribution in [3.8, 4) is 0 Å². The van der Waals surface area contributed by atoms with Gasteiger partial charge in [-0.25, -0.2) is 4.98 Å². The van der Waals surface area contributed by atoms with E-state index in [4.69, 9.17) is 0 Å². The number of hydrogen-bond acceptors (Lipinski definition) is 4. The lowest BCUT2D eigenvalue weighted by Gasteiger charge is -2.10. The molecule has 0 fully saturated rings. The molecule has 0 unspecified atom stereocenters. The van der Waals surface area contributed by atoms with Crippen molar-refractivity contribution in [3.05, 3.63) is 78.0 Å². The molecule has 0 bridgehead atoms. The van der Waals surface area contributed by atoms with Crippen molar-refractivity contribution >= 4 is 34.7 Å². The molecule has 3 aromatic rings. The topological polar surface area (TPSA) is 83.1 Å². The number of hydrogen-bond donors (Lipinski definition) is 3. The molecule has 2 amide bonds. The minimum atomic E-state index is -0.121. The van der Waals surface area contributed by atoms with E-state index in [1.54, 1.807) is 12.3 Å². The Bertz CT molecular complexity index is 984. The third-order valence-electron chi connectivity index (χ3n) is 3.95. The van der Waals surface area contributed by atoms with E-state index in [1.165, 1.54) is 6.92 Å². The van der Waals surface area contributed by atoms with E-state index in [0.717, 1.165) is 22.5 Å². The summed E-state index contributed by atoms with van der Waals surface area (Å²) in [6.07, 6.45) is 1.95. The Kier molecular flexibility index (Phi) is 6.01. The van der Waals surface area contributed by atoms with Gasteiger partial charge in [-0.15, -0.1) is 0 Å². The van der Waals surface area contributed by atoms with Crippen LogP contribution in [0.5, 0.6) is 0 Å². The number of pyridine rings is 1. The summed E-state index contributed by atoms with van der Waals surface area (Å²) in [6, 6.07) is 18.8. The fourth-order valence-electron chi connectivity index (χ4n) is 2.78. The number of carbonyl (C=O) groups is 2. The molecule has 0 atom stereocenters. The fraction of sp³-hybridized carbons (Fsp3) is 0.136. The van der Waals surface area contributed by atoms with E-state index in [0.29, 0.717) is 17.9 Å². The second-order valence-electron chi connectivity index (χ2n) is 6.53. The summed E-state index contributed by atoms with van der Waals surface area (Å²) >= 11 is 0. The number of aryl methyl sites for hydroxylation is 1. The molecule has 1 aromatic heterocycles. The molecule has 0 saturated carbocycles. The molecule has 1 heterocycles. The van der Waals surface area contributed by atoms with Crippen molar-refractivity contribution in [2.24, 2.45) is 0 Å². The summed E-state index contributed by atoms with van der Waals surface area (Å²) in [7, 11) is 0. The van der Waals surface area contributed by atoms with Crippen LogP contribution in [0.1, 0.15) is 18.1 Å². The zero-order valence-corrected chi connectivity index (χ0v) is 15.8. The number of nitrogens with zero attached hydrogens (tertiary/aromatic N) is 1. The molecule has 3 N–H and O–H groups in total. The number of rotatable bonds is 6. The highest BCUT2D eigenvalue weighted by Crippen LogP contribution is 2.20. The zero-order valence-electron chi connectivity index (χ0n) is 15.8. The Morgan fingerprint density at radius 1 is 0.893 bits per heavy atom. The minimum Gasteiger partial charge on any atom is -0.354 e. The summed E-state index contributed by atoms with van der Waals surface area (Å²) in [6.45, 7) is 3.47. The highest BCUT2D eigenvalue weighted by Gasteiger charge is 2.06. The lowest BCUT2D eigenvalue weighted by molar-refractivity contribution is -0.116. The van der Waals surface area contributed by atoms with Gasteiger partial charge in [-0.05, 0) is 42.8 Å². The van der Waals surface area contributed by atoms with Gasteiger partial charge in [0.25, 0.3) is 0 Å². The Balaban J connectivity index is 1.59. The summed E-state index contributed by atoms with van der Waals surface area (Å²) < 4.78 is 0. The van der Waals surface area contributed by atoms with Crippen LogP contribution >= 0.6 is 0 Å². The first kappa shape index (κ1) is 19.1. The van der Waals surface area contributed by atoms with Gasteiger partial charge in [-0.3, -0.25) is 9.59 Å². The summed E-state index contributed by atoms with van der Waals surface area (Å²) in [5.74, 6) is 0.265. The van der Waals surface area contributed by atoms with Crippen molar-refractivity contribution in [2.75, 3.05) is 16.0 Å². The Hall–Kier alpha value is -3.67. The molecule has 0 aliphatic rings. The molecule has 6 nitrogen and oxygen atoms in total. The minimum absolute atomic E-state index is 0.109. The smallest absolute Gasteiger partial charge is 0.229 e. The molecule has 0 saturated heterocycles. The van der Waals surface area contributed by atoms with Crippen LogP contribution < -0.4 is 16.0 Å². The van der Waals surface area contributed by atoms with Crippen molar-refractivity contribution < 1.29 is 9.59 Å². The van der Waals surface area contributed by atoms with Crippen LogP contribution in [0.25, 0.3) is 0 Å². The van der Waals surface area contributed by atoms with Crippen LogP contribution in [0.15, 0.2) is 66.9 Å². The van der Waals surface area contributed by atoms with Gasteiger partial charge in [0.05, 0.1) is 18.3 Å². The van der Waals surface area contributed by atoms with Crippen LogP contribution in [0.3, 0.4) is 0 Å². The predicted molar refractivity (Wildman–Crippen MR) is 112 cm³/mol. The lowest BCUT2D eigenvalue weighted by Crippen LogP contribution is -2.15. The first-order chi connectivity index (χ1) is 13.5. The van der Waals surface area contributed by atoms with Crippen LogP contribution in [0, 0.1) is 6.92 Å². The molecule has 0 aliphatic heterocycles. The normalized spacial score (nSPS) is 10.2. The Morgan fingerprint density at radius 2 is 1.68 bits per heavy atom. The largest absolute Gasteiger partial charge is 0.354 e. The molecular weight excluding hydrogens is 352 g/mol. The predicted octanol–water partition coefficient (Wildman–Crippen LogP) is 4.27. The van der Waals surface area contributed by atoms with E-state index < -0.39 is 0 Å². The lowest BCUT2D eigenvalue weighted by atomic mass is 10.1. The average Bonchev–Trinajstić information content (AvgIpc) is 2.63. The third-order valence-corrected chi connectivity index (χ3v) is 3.95. The molecule has 6 heteroatoms. The number of anilines is 4. The summed E-state index contributed by atoms with van der Waals surface area (Å²) in [5, 5.41) is 8.77. The second kappa shape index (κ2) is 8.81. The first-order valence-corrected chi connectivity index (χ1v) is 8.94. The van der Waals surface area contributed by atoms with Crippen molar-refractivity contribution in [1.82, 2.24) is 4.98 Å². The molecule has 28 heavy (non-hydrogen) atoms. The maximum absolute atomic E-state index is 12.2. The monoisotopic (exact) mass is 374 g/mol. The molecule has 142 valence electrons. The van der Waals surface area contributed by atoms with Crippen molar-refractivity contribution in [2.45, 2.75) is 20.3 Å². The Morgan fingerprint density at radius 3 is 2.39 bits per heavy atom. The van der Waals surface area contributed by atoms with Gasteiger partial charge in [-0.1, -0.05) is 35.9 Å². The highest BCUT2D eigenvalue weighted by molar-refractivity contribution is 5.91. The van der Waals surface area contributed by atoms with E-state index >= 15 is 0 Å². The van der Waals surface area contributed by atoms with Gasteiger partial charge in [0, 0.05) is 18.3 Å². The highest BCUT2D eigenvalue weighted by atomic mass is 16.2. The van der Waals surface area contributed by atoms with Gasteiger partial charge in [0.2, 0.25) is 11.8 Å². The summed E-state index contributed by atoms with van der Waals surface area (Å²) in [4.78, 5) is 27.6. The number of aromatic nitrogens is 1. The van der Waals surface area contributed by atoms with E-state index in [-0.39, 0.29) is 11.8 Å². The van der Waals surface area contributed by atoms with E-state index in [2.05, 4.69) is 20.9 Å². The average molecular weight is 374 g/mol. The van der Waals surface area contributed by atoms with Gasteiger partial charge >= 0.3 is 0 Å². The third kappa shape index (κ3) is 5.67. The van der Waals surface area contributed by atoms with Gasteiger partial charge in [0.1, 0.15) is 5.82 Å². The number of amides is 2. The molecule has 0 radical (unpaired) electrons. The van der Waals surface area contributed by atoms with Gasteiger partial charge in [-0.2, -0.15) is 0 Å². The maximum Gasteiger partial charge on any atom is 0.229 e. The molecule has 3 rings (SSSR count). The van der Waals surface area contributed by atoms with Crippen molar-refractivity contribution in [3.63, 3.8) is 0 Å². The molecule has 0 aliphatic carbocycles. The van der Waals surface area contributed by atoms with Crippen LogP contribution in [0.2, 0.25) is 0 Å². The van der Waals surface area contributed by atoms with Gasteiger partial charge in [0.15, 0.2) is 0 Å². The SMILES string of the molecule is CC(=O)Nc1cccc(Nc2ccc(NC(=O)Cc3cccc(C)c3)nc2)c1. The van der Waals surface area contributed by atoms with Crippen LogP contribution in [-0.2, 0) is 16.0 Å². The molecule has 0 spiro atoms.